The number of alkyl halides is 3. The smallest absolute Gasteiger partial charge is 0.345 e. The second-order valence-corrected chi connectivity index (χ2v) is 6.18. The van der Waals surface area contributed by atoms with Crippen molar-refractivity contribution < 1.29 is 18.1 Å². The predicted molar refractivity (Wildman–Crippen MR) is 93.3 cm³/mol. The Morgan fingerprint density at radius 2 is 1.62 bits per heavy atom. The van der Waals surface area contributed by atoms with Crippen molar-refractivity contribution >= 4 is 28.9 Å². The minimum absolute atomic E-state index is 0.0252. The van der Waals surface area contributed by atoms with Gasteiger partial charge in [0.05, 0.1) is 10.5 Å². The molecule has 0 atom stereocenters. The van der Waals surface area contributed by atoms with E-state index < -0.39 is 28.0 Å². The van der Waals surface area contributed by atoms with Gasteiger partial charge in [-0.2, -0.15) is 13.2 Å². The van der Waals surface area contributed by atoms with Gasteiger partial charge in [0, 0.05) is 21.2 Å². The van der Waals surface area contributed by atoms with Crippen molar-refractivity contribution in [3.63, 3.8) is 0 Å². The Hall–Kier alpha value is -2.51. The van der Waals surface area contributed by atoms with Gasteiger partial charge in [0.15, 0.2) is 0 Å². The first-order valence-electron chi connectivity index (χ1n) is 7.18. The fourth-order valence-corrected chi connectivity index (χ4v) is 2.99. The van der Waals surface area contributed by atoms with Gasteiger partial charge in [-0.1, -0.05) is 53.5 Å². The van der Waals surface area contributed by atoms with E-state index in [2.05, 4.69) is 4.98 Å². The summed E-state index contributed by atoms with van der Waals surface area (Å²) in [5.74, 6) is 0. The molecule has 0 spiro atoms. The largest absolute Gasteiger partial charge is 0.432 e. The molecule has 0 aliphatic heterocycles. The molecular formula is C17H9Cl2F3N2O2. The van der Waals surface area contributed by atoms with Crippen molar-refractivity contribution in [1.82, 2.24) is 4.98 Å². The van der Waals surface area contributed by atoms with Crippen molar-refractivity contribution in [2.75, 3.05) is 0 Å². The molecule has 0 amide bonds. The molecule has 0 bridgehead atoms. The van der Waals surface area contributed by atoms with Gasteiger partial charge in [0.1, 0.15) is 11.4 Å². The number of aromatic nitrogens is 1. The van der Waals surface area contributed by atoms with Crippen LogP contribution in [0.5, 0.6) is 0 Å². The molecule has 26 heavy (non-hydrogen) atoms. The molecule has 0 unspecified atom stereocenters. The molecule has 0 radical (unpaired) electrons. The molecule has 0 saturated carbocycles. The minimum Gasteiger partial charge on any atom is -0.345 e. The number of halogens is 5. The first-order chi connectivity index (χ1) is 12.2. The summed E-state index contributed by atoms with van der Waals surface area (Å²) in [6, 6.07) is 11.3. The second-order valence-electron chi connectivity index (χ2n) is 5.34. The minimum atomic E-state index is -4.84. The van der Waals surface area contributed by atoms with Gasteiger partial charge in [0.2, 0.25) is 0 Å². The van der Waals surface area contributed by atoms with Crippen LogP contribution in [-0.2, 0) is 6.18 Å². The van der Waals surface area contributed by atoms with E-state index in [0.717, 1.165) is 0 Å². The highest BCUT2D eigenvalue weighted by Crippen LogP contribution is 2.48. The third kappa shape index (κ3) is 3.27. The Balaban J connectivity index is 2.40. The molecule has 134 valence electrons. The maximum Gasteiger partial charge on any atom is 0.432 e. The number of H-pyrrole nitrogens is 1. The van der Waals surface area contributed by atoms with Gasteiger partial charge in [-0.25, -0.2) is 0 Å². The SMILES string of the molecule is O=[N+]([O-])c1c(-c2ccc(Cl)cc2)[nH]c(C(F)(F)F)c1-c1ccccc1Cl. The fourth-order valence-electron chi connectivity index (χ4n) is 2.64. The number of rotatable bonds is 3. The molecule has 3 rings (SSSR count). The lowest BCUT2D eigenvalue weighted by Crippen LogP contribution is -2.07. The van der Waals surface area contributed by atoms with E-state index in [4.69, 9.17) is 23.2 Å². The van der Waals surface area contributed by atoms with E-state index in [-0.39, 0.29) is 21.8 Å². The molecule has 2 aromatic carbocycles. The first-order valence-corrected chi connectivity index (χ1v) is 7.94. The van der Waals surface area contributed by atoms with Crippen LogP contribution in [0.25, 0.3) is 22.4 Å². The maximum atomic E-state index is 13.6. The summed E-state index contributed by atoms with van der Waals surface area (Å²) >= 11 is 11.8. The first kappa shape index (κ1) is 18.3. The molecule has 9 heteroatoms. The summed E-state index contributed by atoms with van der Waals surface area (Å²) in [4.78, 5) is 13.0. The fraction of sp³-hybridized carbons (Fsp3) is 0.0588. The van der Waals surface area contributed by atoms with Gasteiger partial charge in [0.25, 0.3) is 0 Å². The van der Waals surface area contributed by atoms with Crippen LogP contribution in [0.4, 0.5) is 18.9 Å². The third-order valence-corrected chi connectivity index (χ3v) is 4.30. The van der Waals surface area contributed by atoms with Crippen molar-refractivity contribution in [2.24, 2.45) is 0 Å². The zero-order valence-corrected chi connectivity index (χ0v) is 14.3. The van der Waals surface area contributed by atoms with Crippen LogP contribution < -0.4 is 0 Å². The molecule has 4 nitrogen and oxygen atoms in total. The molecule has 1 heterocycles. The average molecular weight is 401 g/mol. The van der Waals surface area contributed by atoms with Gasteiger partial charge in [-0.05, 0) is 18.2 Å². The van der Waals surface area contributed by atoms with Crippen molar-refractivity contribution in [3.8, 4) is 22.4 Å². The van der Waals surface area contributed by atoms with Crippen molar-refractivity contribution in [2.45, 2.75) is 6.18 Å². The summed E-state index contributed by atoms with van der Waals surface area (Å²) in [6.07, 6.45) is -4.84. The number of hydrogen-bond acceptors (Lipinski definition) is 2. The highest BCUT2D eigenvalue weighted by molar-refractivity contribution is 6.33. The Morgan fingerprint density at radius 1 is 1.00 bits per heavy atom. The number of nitrogens with one attached hydrogen (secondary N) is 1. The van der Waals surface area contributed by atoms with Gasteiger partial charge < -0.3 is 4.98 Å². The molecule has 0 fully saturated rings. The van der Waals surface area contributed by atoms with E-state index >= 15 is 0 Å². The maximum absolute atomic E-state index is 13.6. The summed E-state index contributed by atoms with van der Waals surface area (Å²) in [6.45, 7) is 0. The van der Waals surface area contributed by atoms with Crippen LogP contribution in [0.15, 0.2) is 48.5 Å². The quantitative estimate of drug-likeness (QED) is 0.398. The number of aromatic amines is 1. The lowest BCUT2D eigenvalue weighted by molar-refractivity contribution is -0.383. The Labute approximate surface area is 155 Å². The molecule has 0 saturated heterocycles. The van der Waals surface area contributed by atoms with E-state index in [1.807, 2.05) is 0 Å². The zero-order valence-electron chi connectivity index (χ0n) is 12.8. The second kappa shape index (κ2) is 6.66. The van der Waals surface area contributed by atoms with Crippen LogP contribution in [0.3, 0.4) is 0 Å². The Bertz CT molecular complexity index is 983. The lowest BCUT2D eigenvalue weighted by atomic mass is 10.0. The summed E-state index contributed by atoms with van der Waals surface area (Å²) in [5.41, 5.74) is -2.68. The normalized spacial score (nSPS) is 11.6. The van der Waals surface area contributed by atoms with Gasteiger partial charge in [-0.3, -0.25) is 10.1 Å². The van der Waals surface area contributed by atoms with Crippen LogP contribution in [0.2, 0.25) is 10.0 Å². The number of nitrogens with zero attached hydrogens (tertiary/aromatic N) is 1. The Kier molecular flexibility index (Phi) is 4.68. The van der Waals surface area contributed by atoms with Crippen LogP contribution >= 0.6 is 23.2 Å². The number of hydrogen-bond donors (Lipinski definition) is 1. The highest BCUT2D eigenvalue weighted by Gasteiger charge is 2.42. The van der Waals surface area contributed by atoms with E-state index in [1.54, 1.807) is 0 Å². The van der Waals surface area contributed by atoms with Crippen molar-refractivity contribution in [3.05, 3.63) is 74.4 Å². The van der Waals surface area contributed by atoms with Crippen LogP contribution in [0, 0.1) is 10.1 Å². The molecule has 0 aliphatic rings. The monoisotopic (exact) mass is 400 g/mol. The average Bonchev–Trinajstić information content (AvgIpc) is 2.96. The molecular weight excluding hydrogens is 392 g/mol. The van der Waals surface area contributed by atoms with E-state index in [9.17, 15) is 23.3 Å². The summed E-state index contributed by atoms with van der Waals surface area (Å²) < 4.78 is 40.8. The van der Waals surface area contributed by atoms with E-state index in [1.165, 1.54) is 48.5 Å². The van der Waals surface area contributed by atoms with Crippen LogP contribution in [0.1, 0.15) is 5.69 Å². The lowest BCUT2D eigenvalue weighted by Gasteiger charge is -2.08. The predicted octanol–water partition coefficient (Wildman–Crippen LogP) is 6.58. The van der Waals surface area contributed by atoms with Crippen molar-refractivity contribution in [1.29, 1.82) is 0 Å². The molecule has 1 aromatic heterocycles. The standard InChI is InChI=1S/C17H9Cl2F3N2O2/c18-10-7-5-9(6-8-10)14-15(24(25)26)13(16(23-14)17(20,21)22)11-3-1-2-4-12(11)19/h1-8,23H. The topological polar surface area (TPSA) is 58.9 Å². The molecule has 3 aromatic rings. The van der Waals surface area contributed by atoms with Gasteiger partial charge >= 0.3 is 11.9 Å². The Morgan fingerprint density at radius 3 is 2.15 bits per heavy atom. The van der Waals surface area contributed by atoms with E-state index in [0.29, 0.717) is 5.02 Å². The number of nitro groups is 1. The summed E-state index contributed by atoms with van der Waals surface area (Å²) in [7, 11) is 0. The highest BCUT2D eigenvalue weighted by atomic mass is 35.5. The summed E-state index contributed by atoms with van der Waals surface area (Å²) in [5, 5.41) is 12.0. The molecule has 0 aliphatic carbocycles. The van der Waals surface area contributed by atoms with Crippen LogP contribution in [-0.4, -0.2) is 9.91 Å². The third-order valence-electron chi connectivity index (χ3n) is 3.72. The zero-order chi connectivity index (χ0) is 19.1. The van der Waals surface area contributed by atoms with Gasteiger partial charge in [-0.15, -0.1) is 0 Å². The number of benzene rings is 2. The molecule has 1 N–H and O–H groups in total.